The van der Waals surface area contributed by atoms with Crippen molar-refractivity contribution in [2.75, 3.05) is 13.2 Å². The fraction of sp³-hybridized carbons (Fsp3) is 0.222. The van der Waals surface area contributed by atoms with Crippen LogP contribution in [0.3, 0.4) is 0 Å². The highest BCUT2D eigenvalue weighted by molar-refractivity contribution is 5.91. The molecule has 3 aromatic rings. The van der Waals surface area contributed by atoms with E-state index in [0.717, 1.165) is 0 Å². The molecule has 0 saturated carbocycles. The number of hydrogen-bond donors (Lipinski definition) is 2. The van der Waals surface area contributed by atoms with Crippen molar-refractivity contribution in [3.05, 3.63) is 108 Å². The molecule has 1 saturated heterocycles. The fourth-order valence-corrected chi connectivity index (χ4v) is 3.69. The van der Waals surface area contributed by atoms with Gasteiger partial charge in [0.05, 0.1) is 23.3 Å². The molecule has 4 unspecified atom stereocenters. The van der Waals surface area contributed by atoms with Crippen LogP contribution in [0, 0.1) is 0 Å². The molecule has 1 fully saturated rings. The van der Waals surface area contributed by atoms with Crippen LogP contribution in [0.2, 0.25) is 0 Å². The van der Waals surface area contributed by atoms with Crippen LogP contribution in [0.5, 0.6) is 0 Å². The molecule has 0 spiro atoms. The molecule has 36 heavy (non-hydrogen) atoms. The van der Waals surface area contributed by atoms with Gasteiger partial charge in [-0.15, -0.1) is 0 Å². The second-order valence-corrected chi connectivity index (χ2v) is 8.05. The van der Waals surface area contributed by atoms with Crippen molar-refractivity contribution in [2.24, 2.45) is 0 Å². The van der Waals surface area contributed by atoms with Gasteiger partial charge in [-0.25, -0.2) is 14.4 Å². The zero-order chi connectivity index (χ0) is 25.5. The number of benzene rings is 3. The normalized spacial score (nSPS) is 23.3. The topological polar surface area (TPSA) is 129 Å². The summed E-state index contributed by atoms with van der Waals surface area (Å²) < 4.78 is 22.1. The van der Waals surface area contributed by atoms with E-state index in [0.29, 0.717) is 0 Å². The minimum absolute atomic E-state index is 0.148. The van der Waals surface area contributed by atoms with Gasteiger partial charge in [0, 0.05) is 0 Å². The Morgan fingerprint density at radius 1 is 0.722 bits per heavy atom. The van der Waals surface area contributed by atoms with E-state index in [-0.39, 0.29) is 16.7 Å². The van der Waals surface area contributed by atoms with Crippen molar-refractivity contribution in [2.45, 2.75) is 24.1 Å². The molecule has 1 aliphatic rings. The SMILES string of the molecule is O=C(OC1COC(O)(CO)C(OC(=O)c2ccccc2)C1OC(=O)c1ccccc1)c1ccccc1. The molecule has 0 radical (unpaired) electrons. The van der Waals surface area contributed by atoms with Crippen LogP contribution in [0.1, 0.15) is 31.1 Å². The van der Waals surface area contributed by atoms with Gasteiger partial charge < -0.3 is 29.2 Å². The highest BCUT2D eigenvalue weighted by Gasteiger charge is 2.56. The molecule has 2 N–H and O–H groups in total. The molecule has 4 rings (SSSR count). The zero-order valence-electron chi connectivity index (χ0n) is 19.1. The van der Waals surface area contributed by atoms with Crippen LogP contribution in [-0.4, -0.2) is 65.4 Å². The van der Waals surface area contributed by atoms with Gasteiger partial charge in [-0.3, -0.25) is 0 Å². The highest BCUT2D eigenvalue weighted by Crippen LogP contribution is 2.32. The van der Waals surface area contributed by atoms with Crippen LogP contribution in [0.25, 0.3) is 0 Å². The summed E-state index contributed by atoms with van der Waals surface area (Å²) in [5.41, 5.74) is 0.554. The third-order valence-electron chi connectivity index (χ3n) is 5.60. The van der Waals surface area contributed by atoms with E-state index in [1.54, 1.807) is 54.6 Å². The van der Waals surface area contributed by atoms with Crippen LogP contribution < -0.4 is 0 Å². The number of hydrogen-bond acceptors (Lipinski definition) is 9. The Morgan fingerprint density at radius 2 is 1.14 bits per heavy atom. The van der Waals surface area contributed by atoms with Crippen molar-refractivity contribution < 1.29 is 43.5 Å². The molecule has 9 heteroatoms. The lowest BCUT2D eigenvalue weighted by Gasteiger charge is -2.44. The number of esters is 3. The summed E-state index contributed by atoms with van der Waals surface area (Å²) in [5, 5.41) is 20.9. The minimum atomic E-state index is -2.43. The lowest BCUT2D eigenvalue weighted by atomic mass is 9.96. The number of rotatable bonds is 7. The molecule has 1 heterocycles. The molecule has 0 aliphatic carbocycles. The average Bonchev–Trinajstić information content (AvgIpc) is 2.93. The maximum absolute atomic E-state index is 12.9. The molecular formula is C27H24O9. The number of aliphatic hydroxyl groups is 2. The van der Waals surface area contributed by atoms with E-state index in [1.165, 1.54) is 36.4 Å². The van der Waals surface area contributed by atoms with Crippen LogP contribution in [0.15, 0.2) is 91.0 Å². The predicted molar refractivity (Wildman–Crippen MR) is 125 cm³/mol. The lowest BCUT2D eigenvalue weighted by Crippen LogP contribution is -2.65. The first-order valence-electron chi connectivity index (χ1n) is 11.2. The quantitative estimate of drug-likeness (QED) is 0.377. The molecule has 9 nitrogen and oxygen atoms in total. The van der Waals surface area contributed by atoms with Gasteiger partial charge in [-0.05, 0) is 36.4 Å². The van der Waals surface area contributed by atoms with Gasteiger partial charge in [0.25, 0.3) is 0 Å². The zero-order valence-corrected chi connectivity index (χ0v) is 19.1. The van der Waals surface area contributed by atoms with Crippen molar-refractivity contribution in [3.8, 4) is 0 Å². The monoisotopic (exact) mass is 492 g/mol. The van der Waals surface area contributed by atoms with E-state index >= 15 is 0 Å². The predicted octanol–water partition coefficient (Wildman–Crippen LogP) is 2.37. The van der Waals surface area contributed by atoms with Gasteiger partial charge in [0.1, 0.15) is 6.61 Å². The summed E-state index contributed by atoms with van der Waals surface area (Å²) >= 11 is 0. The van der Waals surface area contributed by atoms with E-state index in [2.05, 4.69) is 0 Å². The van der Waals surface area contributed by atoms with Crippen molar-refractivity contribution in [3.63, 3.8) is 0 Å². The third-order valence-corrected chi connectivity index (χ3v) is 5.60. The van der Waals surface area contributed by atoms with Crippen LogP contribution in [0.4, 0.5) is 0 Å². The largest absolute Gasteiger partial charge is 0.452 e. The molecule has 186 valence electrons. The molecule has 0 amide bonds. The van der Waals surface area contributed by atoms with Crippen molar-refractivity contribution in [1.82, 2.24) is 0 Å². The first-order chi connectivity index (χ1) is 17.4. The van der Waals surface area contributed by atoms with Gasteiger partial charge in [-0.1, -0.05) is 54.6 Å². The van der Waals surface area contributed by atoms with E-state index in [4.69, 9.17) is 18.9 Å². The summed E-state index contributed by atoms with van der Waals surface area (Å²) in [4.78, 5) is 38.5. The molecular weight excluding hydrogens is 468 g/mol. The Labute approximate surface area is 206 Å². The lowest BCUT2D eigenvalue weighted by molar-refractivity contribution is -0.328. The van der Waals surface area contributed by atoms with Crippen molar-refractivity contribution >= 4 is 17.9 Å². The Bertz CT molecular complexity index is 1180. The number of aliphatic hydroxyl groups excluding tert-OH is 1. The molecule has 0 bridgehead atoms. The van der Waals surface area contributed by atoms with Gasteiger partial charge >= 0.3 is 17.9 Å². The second-order valence-electron chi connectivity index (χ2n) is 8.05. The molecule has 1 aliphatic heterocycles. The smallest absolute Gasteiger partial charge is 0.338 e. The van der Waals surface area contributed by atoms with E-state index in [9.17, 15) is 24.6 Å². The van der Waals surface area contributed by atoms with Gasteiger partial charge in [-0.2, -0.15) is 0 Å². The van der Waals surface area contributed by atoms with E-state index in [1.807, 2.05) is 0 Å². The summed E-state index contributed by atoms with van der Waals surface area (Å²) in [5.74, 6) is -4.86. The van der Waals surface area contributed by atoms with Crippen LogP contribution in [-0.2, 0) is 18.9 Å². The first-order valence-corrected chi connectivity index (χ1v) is 11.2. The number of carbonyl (C=O) groups is 3. The molecule has 4 atom stereocenters. The highest BCUT2D eigenvalue weighted by atomic mass is 16.7. The summed E-state index contributed by atoms with van der Waals surface area (Å²) in [6.45, 7) is -1.43. The average molecular weight is 492 g/mol. The fourth-order valence-electron chi connectivity index (χ4n) is 3.69. The summed E-state index contributed by atoms with van der Waals surface area (Å²) in [6, 6.07) is 24.0. The van der Waals surface area contributed by atoms with Gasteiger partial charge in [0.2, 0.25) is 5.79 Å². The second kappa shape index (κ2) is 11.1. The maximum atomic E-state index is 12.9. The Kier molecular flexibility index (Phi) is 7.74. The molecule has 3 aromatic carbocycles. The minimum Gasteiger partial charge on any atom is -0.452 e. The van der Waals surface area contributed by atoms with Crippen LogP contribution >= 0.6 is 0 Å². The Morgan fingerprint density at radius 3 is 1.58 bits per heavy atom. The third kappa shape index (κ3) is 5.60. The summed E-state index contributed by atoms with van der Waals surface area (Å²) in [7, 11) is 0. The standard InChI is InChI=1S/C27H24O9/c28-17-27(32)23(36-26(31)20-14-8-3-9-15-20)22(35-25(30)19-12-6-2-7-13-19)21(16-33-27)34-24(29)18-10-4-1-5-11-18/h1-15,21-23,28,32H,16-17H2. The number of ether oxygens (including phenoxy) is 4. The first kappa shape index (κ1) is 25.1. The molecule has 0 aromatic heterocycles. The van der Waals surface area contributed by atoms with E-state index < -0.39 is 55.2 Å². The number of carbonyl (C=O) groups excluding carboxylic acids is 3. The Balaban J connectivity index is 1.66. The van der Waals surface area contributed by atoms with Gasteiger partial charge in [0.15, 0.2) is 18.3 Å². The summed E-state index contributed by atoms with van der Waals surface area (Å²) in [6.07, 6.45) is -4.51. The Hall–Kier alpha value is -4.05. The van der Waals surface area contributed by atoms with Crippen molar-refractivity contribution in [1.29, 1.82) is 0 Å². The maximum Gasteiger partial charge on any atom is 0.338 e.